The number of unbranched alkanes of at least 4 members (excludes halogenated alkanes) is 6. The van der Waals surface area contributed by atoms with Crippen LogP contribution < -0.4 is 0 Å². The second-order valence-electron chi connectivity index (χ2n) is 37.1. The van der Waals surface area contributed by atoms with Gasteiger partial charge >= 0.3 is 84.6 Å². The van der Waals surface area contributed by atoms with Crippen LogP contribution in [0, 0.1) is 41.5 Å². The van der Waals surface area contributed by atoms with Gasteiger partial charge in [-0.3, -0.25) is 38.7 Å². The Morgan fingerprint density at radius 2 is 0.682 bits per heavy atom. The summed E-state index contributed by atoms with van der Waals surface area (Å²) >= 11 is 4.83. The van der Waals surface area contributed by atoms with E-state index in [-0.39, 0.29) is 27.1 Å². The molecule has 0 saturated carbocycles. The van der Waals surface area contributed by atoms with Gasteiger partial charge in [0.05, 0.1) is 57.4 Å². The minimum absolute atomic E-state index is 0.0508. The zero-order chi connectivity index (χ0) is 92.5. The summed E-state index contributed by atoms with van der Waals surface area (Å²) < 4.78 is 55.9. The Bertz CT molecular complexity index is 6250. The second kappa shape index (κ2) is 44.2. The third-order valence-corrected chi connectivity index (χ3v) is 23.9. The summed E-state index contributed by atoms with van der Waals surface area (Å²) in [5, 5.41) is 6.48. The van der Waals surface area contributed by atoms with E-state index in [0.29, 0.717) is 45.3 Å². The number of fused-ring (bicyclic) bond motifs is 6. The molecule has 6 heterocycles. The van der Waals surface area contributed by atoms with Gasteiger partial charge in [-0.1, -0.05) is 312 Å². The van der Waals surface area contributed by atoms with E-state index in [1.165, 1.54) is 131 Å². The molecule has 668 valence electrons. The van der Waals surface area contributed by atoms with E-state index in [9.17, 15) is 17.6 Å². The Kier molecular flexibility index (Phi) is 33.8. The number of rotatable bonds is 19. The molecule has 0 atom stereocenters. The van der Waals surface area contributed by atoms with E-state index in [0.717, 1.165) is 90.0 Å². The van der Waals surface area contributed by atoms with Gasteiger partial charge in [0.15, 0.2) is 0 Å². The molecule has 16 heteroatoms. The van der Waals surface area contributed by atoms with Crippen LogP contribution in [-0.4, -0.2) is 29.9 Å². The number of aromatic nitrogens is 6. The molecule has 0 saturated heterocycles. The van der Waals surface area contributed by atoms with E-state index in [4.69, 9.17) is 19.9 Å². The van der Waals surface area contributed by atoms with Crippen LogP contribution in [0.1, 0.15) is 195 Å². The van der Waals surface area contributed by atoms with Gasteiger partial charge in [-0.25, -0.2) is 8.78 Å². The molecule has 6 aromatic heterocycles. The van der Waals surface area contributed by atoms with Gasteiger partial charge in [0, 0.05) is 40.2 Å². The molecule has 17 rings (SSSR count). The summed E-state index contributed by atoms with van der Waals surface area (Å²) in [6, 6.07) is 94.6. The number of hydrogen-bond acceptors (Lipinski definition) is 6. The summed E-state index contributed by atoms with van der Waals surface area (Å²) in [4.78, 5) is 29.1. The first kappa shape index (κ1) is 98.6. The second-order valence-corrected chi connectivity index (χ2v) is 37.1. The van der Waals surface area contributed by atoms with Crippen molar-refractivity contribution in [3.8, 4) is 112 Å². The van der Waals surface area contributed by atoms with Crippen molar-refractivity contribution in [2.24, 2.45) is 0 Å². The third-order valence-electron chi connectivity index (χ3n) is 23.9. The van der Waals surface area contributed by atoms with Crippen LogP contribution in [0.3, 0.4) is 0 Å². The Labute approximate surface area is 806 Å². The molecule has 129 heavy (non-hydrogen) atoms. The Morgan fingerprint density at radius 1 is 0.302 bits per heavy atom. The zero-order valence-electron chi connectivity index (χ0n) is 75.3. The van der Waals surface area contributed by atoms with Crippen LogP contribution in [0.15, 0.2) is 273 Å². The maximum absolute atomic E-state index is 14.2. The number of benzene rings is 10. The van der Waals surface area contributed by atoms with Gasteiger partial charge in [-0.05, 0) is 188 Å². The van der Waals surface area contributed by atoms with Gasteiger partial charge < -0.3 is 0 Å². The Balaban J connectivity index is 0.000000172. The van der Waals surface area contributed by atoms with Crippen molar-refractivity contribution < 1.29 is 73.9 Å². The molecule has 1 aliphatic rings. The van der Waals surface area contributed by atoms with Gasteiger partial charge in [0.2, 0.25) is 0 Å². The number of nitrogens with zero attached hydrogens (tertiary/aromatic N) is 6. The monoisotopic (exact) mass is 2310 g/mol. The van der Waals surface area contributed by atoms with E-state index in [1.807, 2.05) is 116 Å². The summed E-state index contributed by atoms with van der Waals surface area (Å²) in [6.45, 7) is 31.1. The maximum atomic E-state index is 14.2. The third kappa shape index (κ3) is 24.1. The summed E-state index contributed by atoms with van der Waals surface area (Å²) in [5.41, 5.74) is 25.1. The molecule has 0 bridgehead atoms. The minimum atomic E-state index is -1.02. The normalized spacial score (nSPS) is 12.1. The SMILES string of the molecule is CC(C)(C)c1cc(-c2cc(-c3[c-]c(F)c(F)cc3)nc(-c3cc4ccccc4cn3)c2)cc(C(C)(C)C)c1.CC(C)(C)c1cc(-c2cc(-c3[c-]cc(F)c(F)c3)nc(-c3cc4ccccc4cn3)c2)cc(C(C)(C)C)c1.CCCCCCC1(CCCCCC)c2ccccc2-c2ccc(-c3cc(-c4[c-]cccc4)nc(-c4cc5ccccc5cn4)c3)cc21.[Cl][Pt+].[Cl][Pt+].[Cl][Pt+]. The van der Waals surface area contributed by atoms with Crippen molar-refractivity contribution in [1.29, 1.82) is 0 Å². The fourth-order valence-corrected chi connectivity index (χ4v) is 16.6. The first-order chi connectivity index (χ1) is 62.0. The van der Waals surface area contributed by atoms with Crippen LogP contribution in [0.4, 0.5) is 17.6 Å². The zero-order valence-corrected chi connectivity index (χ0v) is 84.4. The molecule has 1 aliphatic carbocycles. The predicted octanol–water partition coefficient (Wildman–Crippen LogP) is 33.3. The molecule has 0 unspecified atom stereocenters. The summed E-state index contributed by atoms with van der Waals surface area (Å²) in [6.07, 6.45) is 18.3. The molecule has 6 nitrogen and oxygen atoms in total. The van der Waals surface area contributed by atoms with E-state index in [2.05, 4.69) is 287 Å². The quantitative estimate of drug-likeness (QED) is 0.0456. The number of hydrogen-bond donors (Lipinski definition) is 0. The van der Waals surface area contributed by atoms with Gasteiger partial charge in [-0.15, -0.1) is 83.4 Å². The van der Waals surface area contributed by atoms with Crippen LogP contribution in [-0.2, 0) is 83.4 Å². The molecule has 0 spiro atoms. The van der Waals surface area contributed by atoms with Crippen molar-refractivity contribution in [3.05, 3.63) is 348 Å². The molecule has 0 radical (unpaired) electrons. The molecular weight excluding hydrogens is 2210 g/mol. The first-order valence-electron chi connectivity index (χ1n) is 43.7. The first-order valence-corrected chi connectivity index (χ1v) is 52.2. The van der Waals surface area contributed by atoms with Crippen LogP contribution in [0.2, 0.25) is 0 Å². The average molecular weight is 2320 g/mol. The van der Waals surface area contributed by atoms with Crippen molar-refractivity contribution in [2.75, 3.05) is 0 Å². The van der Waals surface area contributed by atoms with E-state index in [1.54, 1.807) is 56.3 Å². The summed E-state index contributed by atoms with van der Waals surface area (Å²) in [7, 11) is 13.8. The number of halogens is 7. The van der Waals surface area contributed by atoms with Gasteiger partial charge in [-0.2, -0.15) is 0 Å². The average Bonchev–Trinajstić information content (AvgIpc) is 1.56. The summed E-state index contributed by atoms with van der Waals surface area (Å²) in [5.74, 6) is -3.83. The number of pyridine rings is 6. The molecule has 0 aliphatic heterocycles. The van der Waals surface area contributed by atoms with Crippen LogP contribution in [0.5, 0.6) is 0 Å². The molecule has 10 aromatic carbocycles. The van der Waals surface area contributed by atoms with Crippen molar-refractivity contribution >= 4 is 60.6 Å². The van der Waals surface area contributed by atoms with Crippen molar-refractivity contribution in [2.45, 2.75) is 188 Å². The Morgan fingerprint density at radius 3 is 1.09 bits per heavy atom. The fraction of sp³-hybridized carbons (Fsp3) is 0.257. The van der Waals surface area contributed by atoms with Crippen molar-refractivity contribution in [3.63, 3.8) is 0 Å². The molecule has 16 aromatic rings. The molecule has 0 amide bonds. The van der Waals surface area contributed by atoms with Crippen molar-refractivity contribution in [1.82, 2.24) is 29.9 Å². The fourth-order valence-electron chi connectivity index (χ4n) is 16.6. The Hall–Kier alpha value is -9.47. The predicted molar refractivity (Wildman–Crippen MR) is 520 cm³/mol. The molecule has 0 fully saturated rings. The molecular formula is C113H107Cl3F4N6Pt3. The van der Waals surface area contributed by atoms with E-state index < -0.39 is 23.3 Å². The van der Waals surface area contributed by atoms with E-state index >= 15 is 0 Å². The van der Waals surface area contributed by atoms with Gasteiger partial charge in [0.25, 0.3) is 0 Å². The van der Waals surface area contributed by atoms with Gasteiger partial charge in [0.1, 0.15) is 0 Å². The standard InChI is InChI=1S/C45H45N2.2C34H31F2N2.3ClH.3Pt/c1-3-5-7-16-26-45(27-17-8-6-4-2)40-23-15-14-22-38(40)39-25-24-35(28-41(39)45)37-30-42(33-18-10-9-11-19-33)47-44(31-37)43-29-34-20-12-13-21-36(34)32-46-43;2*1-33(2,3)26-13-24(14-27(19-26)34(4,5)6)25-17-30(22-11-12-28(35)29(36)15-22)38-32(18-25)31-16-21-9-7-8-10-23(21)20-37-31;;;;;;/h9-15,18,20-25,28-32H,3-8,16-17,26-27H2,1-2H3;7-10,12-20H,1-6H3;7-14,16-20H,1-6H3;3*1H;;;/q3*-1;;;;3*+2/p-3. The van der Waals surface area contributed by atoms with Crippen LogP contribution >= 0.6 is 28.3 Å². The van der Waals surface area contributed by atoms with Crippen LogP contribution in [0.25, 0.3) is 145 Å². The molecule has 0 N–H and O–H groups in total. The topological polar surface area (TPSA) is 77.3 Å².